The summed E-state index contributed by atoms with van der Waals surface area (Å²) < 4.78 is 21.2. The molecular weight excluding hydrogens is 472 g/mol. The van der Waals surface area contributed by atoms with Gasteiger partial charge < -0.3 is 29.2 Å². The minimum Gasteiger partial charge on any atom is -0.493 e. The zero-order valence-electron chi connectivity index (χ0n) is 18.7. The first-order chi connectivity index (χ1) is 16.6. The smallest absolute Gasteiger partial charge is 0.342 e. The second-order valence-electron chi connectivity index (χ2n) is 6.92. The maximum absolute atomic E-state index is 11.2. The fraction of sp³-hybridized carbons (Fsp3) is 0.333. The van der Waals surface area contributed by atoms with Crippen LogP contribution in [0, 0.1) is 20.2 Å². The SMILES string of the molecule is COc1cc(C(=O)O)c([N+](=O)[O-])cc1OCCCCCOc1cc([N+](=O)[O-])c(C(=O)O)cc1OC. The molecule has 188 valence electrons. The molecule has 0 heterocycles. The first kappa shape index (κ1) is 26.6. The average Bonchev–Trinajstić information content (AvgIpc) is 2.81. The van der Waals surface area contributed by atoms with Crippen molar-refractivity contribution in [1.29, 1.82) is 0 Å². The van der Waals surface area contributed by atoms with E-state index < -0.39 is 44.3 Å². The highest BCUT2D eigenvalue weighted by Crippen LogP contribution is 2.36. The van der Waals surface area contributed by atoms with Crippen LogP contribution >= 0.6 is 0 Å². The molecule has 0 amide bonds. The van der Waals surface area contributed by atoms with E-state index in [1.165, 1.54) is 14.2 Å². The largest absolute Gasteiger partial charge is 0.493 e. The van der Waals surface area contributed by atoms with E-state index in [-0.39, 0.29) is 36.2 Å². The van der Waals surface area contributed by atoms with Crippen LogP contribution in [0.25, 0.3) is 0 Å². The fourth-order valence-corrected chi connectivity index (χ4v) is 3.03. The number of benzene rings is 2. The summed E-state index contributed by atoms with van der Waals surface area (Å²) in [5, 5.41) is 40.6. The lowest BCUT2D eigenvalue weighted by atomic mass is 10.1. The number of rotatable bonds is 14. The first-order valence-corrected chi connectivity index (χ1v) is 10.1. The third-order valence-electron chi connectivity index (χ3n) is 4.72. The van der Waals surface area contributed by atoms with Crippen LogP contribution in [0.3, 0.4) is 0 Å². The van der Waals surface area contributed by atoms with Gasteiger partial charge in [-0.15, -0.1) is 0 Å². The summed E-state index contributed by atoms with van der Waals surface area (Å²) in [6.45, 7) is 0.282. The monoisotopic (exact) mass is 494 g/mol. The normalized spacial score (nSPS) is 10.3. The highest BCUT2D eigenvalue weighted by Gasteiger charge is 2.25. The molecule has 14 heteroatoms. The van der Waals surface area contributed by atoms with E-state index >= 15 is 0 Å². The third-order valence-corrected chi connectivity index (χ3v) is 4.72. The van der Waals surface area contributed by atoms with Crippen molar-refractivity contribution in [2.45, 2.75) is 19.3 Å². The van der Waals surface area contributed by atoms with Crippen molar-refractivity contribution in [3.63, 3.8) is 0 Å². The Morgan fingerprint density at radius 3 is 1.37 bits per heavy atom. The van der Waals surface area contributed by atoms with Crippen molar-refractivity contribution in [2.24, 2.45) is 0 Å². The number of ether oxygens (including phenoxy) is 4. The van der Waals surface area contributed by atoms with Gasteiger partial charge in [0.1, 0.15) is 11.1 Å². The number of methoxy groups -OCH3 is 2. The van der Waals surface area contributed by atoms with Gasteiger partial charge >= 0.3 is 11.9 Å². The fourth-order valence-electron chi connectivity index (χ4n) is 3.03. The summed E-state index contributed by atoms with van der Waals surface area (Å²) in [5.41, 5.74) is -2.30. The van der Waals surface area contributed by atoms with E-state index in [4.69, 9.17) is 29.2 Å². The Bertz CT molecular complexity index is 1040. The van der Waals surface area contributed by atoms with E-state index in [1.54, 1.807) is 0 Å². The third kappa shape index (κ3) is 6.69. The van der Waals surface area contributed by atoms with Crippen LogP contribution in [0.5, 0.6) is 23.0 Å². The molecule has 2 aromatic carbocycles. The Kier molecular flexibility index (Phi) is 9.14. The second-order valence-corrected chi connectivity index (χ2v) is 6.92. The Morgan fingerprint density at radius 2 is 1.09 bits per heavy atom. The molecule has 2 aromatic rings. The summed E-state index contributed by atoms with van der Waals surface area (Å²) in [5.74, 6) is -2.82. The molecule has 0 aliphatic rings. The van der Waals surface area contributed by atoms with Gasteiger partial charge in [0.15, 0.2) is 23.0 Å². The van der Waals surface area contributed by atoms with Crippen molar-refractivity contribution in [3.8, 4) is 23.0 Å². The summed E-state index contributed by atoms with van der Waals surface area (Å²) in [6.07, 6.45) is 1.57. The van der Waals surface area contributed by atoms with Crippen LogP contribution in [-0.2, 0) is 0 Å². The number of nitrogens with zero attached hydrogens (tertiary/aromatic N) is 2. The first-order valence-electron chi connectivity index (χ1n) is 10.1. The van der Waals surface area contributed by atoms with Crippen LogP contribution in [0.1, 0.15) is 40.0 Å². The molecule has 0 atom stereocenters. The second kappa shape index (κ2) is 12.0. The van der Waals surface area contributed by atoms with Crippen molar-refractivity contribution < 1.29 is 48.6 Å². The highest BCUT2D eigenvalue weighted by molar-refractivity contribution is 5.94. The van der Waals surface area contributed by atoms with E-state index in [0.29, 0.717) is 19.3 Å². The molecule has 2 N–H and O–H groups in total. The number of hydrogen-bond acceptors (Lipinski definition) is 10. The lowest BCUT2D eigenvalue weighted by Gasteiger charge is -2.13. The number of hydrogen-bond donors (Lipinski definition) is 2. The molecule has 0 fully saturated rings. The number of carboxylic acids is 2. The van der Waals surface area contributed by atoms with Gasteiger partial charge in [-0.1, -0.05) is 0 Å². The summed E-state index contributed by atoms with van der Waals surface area (Å²) in [4.78, 5) is 43.1. The summed E-state index contributed by atoms with van der Waals surface area (Å²) in [7, 11) is 2.55. The van der Waals surface area contributed by atoms with Gasteiger partial charge in [0.2, 0.25) is 0 Å². The molecule has 0 saturated heterocycles. The van der Waals surface area contributed by atoms with E-state index in [9.17, 15) is 29.8 Å². The summed E-state index contributed by atoms with van der Waals surface area (Å²) >= 11 is 0. The molecule has 2 rings (SSSR count). The quantitative estimate of drug-likeness (QED) is 0.220. The average molecular weight is 494 g/mol. The Labute approximate surface area is 197 Å². The van der Waals surface area contributed by atoms with E-state index in [2.05, 4.69) is 0 Å². The van der Waals surface area contributed by atoms with Gasteiger partial charge in [-0.2, -0.15) is 0 Å². The maximum Gasteiger partial charge on any atom is 0.342 e. The van der Waals surface area contributed by atoms with Crippen LogP contribution in [0.15, 0.2) is 24.3 Å². The molecule has 0 unspecified atom stereocenters. The van der Waals surface area contributed by atoms with Crippen molar-refractivity contribution in [1.82, 2.24) is 0 Å². The number of carbonyl (C=O) groups is 2. The number of nitro benzene ring substituents is 2. The van der Waals surface area contributed by atoms with Gasteiger partial charge in [-0.25, -0.2) is 9.59 Å². The lowest BCUT2D eigenvalue weighted by molar-refractivity contribution is -0.385. The standard InChI is InChI=1S/C21H22N2O12/c1-32-16-8-12(20(24)25)14(22(28)29)10-18(16)34-6-4-3-5-7-35-19-11-15(23(30)31)13(21(26)27)9-17(19)33-2/h8-11H,3-7H2,1-2H3,(H,24,25)(H,26,27). The van der Waals surface area contributed by atoms with Gasteiger partial charge in [0.05, 0.1) is 49.4 Å². The van der Waals surface area contributed by atoms with Crippen LogP contribution in [0.4, 0.5) is 11.4 Å². The molecule has 35 heavy (non-hydrogen) atoms. The van der Waals surface area contributed by atoms with E-state index in [1.807, 2.05) is 0 Å². The molecule has 0 aliphatic carbocycles. The minimum atomic E-state index is -1.47. The molecule has 0 saturated carbocycles. The van der Waals surface area contributed by atoms with Gasteiger partial charge in [-0.3, -0.25) is 20.2 Å². The van der Waals surface area contributed by atoms with Gasteiger partial charge in [-0.05, 0) is 19.3 Å². The number of unbranched alkanes of at least 4 members (excludes halogenated alkanes) is 2. The van der Waals surface area contributed by atoms with Crippen LogP contribution < -0.4 is 18.9 Å². The molecule has 0 bridgehead atoms. The van der Waals surface area contributed by atoms with Crippen molar-refractivity contribution in [2.75, 3.05) is 27.4 Å². The predicted molar refractivity (Wildman–Crippen MR) is 118 cm³/mol. The van der Waals surface area contributed by atoms with E-state index in [0.717, 1.165) is 24.3 Å². The molecule has 0 radical (unpaired) electrons. The molecule has 0 spiro atoms. The number of nitro groups is 2. The van der Waals surface area contributed by atoms with Gasteiger partial charge in [0.25, 0.3) is 11.4 Å². The Hall–Kier alpha value is -4.62. The molecule has 0 aliphatic heterocycles. The minimum absolute atomic E-state index is 0.0241. The van der Waals surface area contributed by atoms with Crippen LogP contribution in [0.2, 0.25) is 0 Å². The maximum atomic E-state index is 11.2. The predicted octanol–water partition coefficient (Wildman–Crippen LogP) is 3.54. The molecule has 0 aromatic heterocycles. The zero-order chi connectivity index (χ0) is 26.1. The number of aromatic carboxylic acids is 2. The van der Waals surface area contributed by atoms with Crippen molar-refractivity contribution >= 4 is 23.3 Å². The topological polar surface area (TPSA) is 198 Å². The zero-order valence-corrected chi connectivity index (χ0v) is 18.7. The van der Waals surface area contributed by atoms with Gasteiger partial charge in [0, 0.05) is 12.1 Å². The lowest BCUT2D eigenvalue weighted by Crippen LogP contribution is -2.07. The molecule has 14 nitrogen and oxygen atoms in total. The van der Waals surface area contributed by atoms with Crippen LogP contribution in [-0.4, -0.2) is 59.4 Å². The van der Waals surface area contributed by atoms with Crippen molar-refractivity contribution in [3.05, 3.63) is 55.6 Å². The Morgan fingerprint density at radius 1 is 0.714 bits per heavy atom. The highest BCUT2D eigenvalue weighted by atomic mass is 16.6. The summed E-state index contributed by atoms with van der Waals surface area (Å²) in [6, 6.07) is 4.02. The Balaban J connectivity index is 1.93. The number of carboxylic acid groups (broad SMARTS) is 2. The molecular formula is C21H22N2O12.